The summed E-state index contributed by atoms with van der Waals surface area (Å²) < 4.78 is 0. The Balaban J connectivity index is 1.79. The van der Waals surface area contributed by atoms with Gasteiger partial charge in [0.2, 0.25) is 0 Å². The number of rotatable bonds is 6. The number of nitrogens with one attached hydrogen (secondary N) is 1. The van der Waals surface area contributed by atoms with Gasteiger partial charge in [-0.3, -0.25) is 4.90 Å². The molecule has 2 rings (SSSR count). The molecule has 106 valence electrons. The van der Waals surface area contributed by atoms with E-state index < -0.39 is 0 Å². The molecule has 0 aromatic carbocycles. The minimum Gasteiger partial charge on any atom is -0.316 e. The molecule has 1 N–H and O–H groups in total. The molecular formula is C15H31N3. The molecule has 0 radical (unpaired) electrons. The molecule has 2 heterocycles. The van der Waals surface area contributed by atoms with Gasteiger partial charge in [-0.1, -0.05) is 13.8 Å². The first-order chi connectivity index (χ1) is 8.85. The Morgan fingerprint density at radius 1 is 1.17 bits per heavy atom. The summed E-state index contributed by atoms with van der Waals surface area (Å²) >= 11 is 0. The van der Waals surface area contributed by atoms with Crippen LogP contribution in [-0.2, 0) is 0 Å². The van der Waals surface area contributed by atoms with Crippen molar-refractivity contribution in [3.8, 4) is 0 Å². The monoisotopic (exact) mass is 253 g/mol. The van der Waals surface area contributed by atoms with Crippen LogP contribution >= 0.6 is 0 Å². The van der Waals surface area contributed by atoms with Crippen molar-refractivity contribution < 1.29 is 0 Å². The van der Waals surface area contributed by atoms with E-state index in [2.05, 4.69) is 29.0 Å². The van der Waals surface area contributed by atoms with Gasteiger partial charge >= 0.3 is 0 Å². The molecule has 0 spiro atoms. The molecule has 2 aliphatic heterocycles. The van der Waals surface area contributed by atoms with E-state index in [-0.39, 0.29) is 0 Å². The molecule has 2 atom stereocenters. The highest BCUT2D eigenvalue weighted by atomic mass is 15.2. The van der Waals surface area contributed by atoms with Gasteiger partial charge in [0.15, 0.2) is 0 Å². The van der Waals surface area contributed by atoms with Crippen molar-refractivity contribution in [3.05, 3.63) is 0 Å². The zero-order valence-electron chi connectivity index (χ0n) is 12.3. The van der Waals surface area contributed by atoms with Gasteiger partial charge < -0.3 is 10.2 Å². The minimum absolute atomic E-state index is 0.869. The van der Waals surface area contributed by atoms with E-state index in [4.69, 9.17) is 0 Å². The third-order valence-corrected chi connectivity index (χ3v) is 4.89. The molecule has 18 heavy (non-hydrogen) atoms. The van der Waals surface area contributed by atoms with Gasteiger partial charge in [0, 0.05) is 19.1 Å². The number of likely N-dealkylation sites (N-methyl/N-ethyl adjacent to an activating group) is 1. The van der Waals surface area contributed by atoms with Crippen LogP contribution in [0.5, 0.6) is 0 Å². The Labute approximate surface area is 113 Å². The highest BCUT2D eigenvalue weighted by Crippen LogP contribution is 2.27. The lowest BCUT2D eigenvalue weighted by molar-refractivity contribution is 0.146. The number of nitrogens with zero attached hydrogens (tertiary/aromatic N) is 2. The van der Waals surface area contributed by atoms with Gasteiger partial charge in [0.25, 0.3) is 0 Å². The molecule has 0 aromatic heterocycles. The lowest BCUT2D eigenvalue weighted by atomic mass is 9.90. The Kier molecular flexibility index (Phi) is 5.93. The van der Waals surface area contributed by atoms with Crippen molar-refractivity contribution in [2.24, 2.45) is 5.92 Å². The Morgan fingerprint density at radius 2 is 2.00 bits per heavy atom. The predicted octanol–water partition coefficient (Wildman–Crippen LogP) is 1.79. The zero-order valence-corrected chi connectivity index (χ0v) is 12.3. The second-order valence-corrected chi connectivity index (χ2v) is 5.88. The van der Waals surface area contributed by atoms with Crippen molar-refractivity contribution in [3.63, 3.8) is 0 Å². The van der Waals surface area contributed by atoms with Gasteiger partial charge in [0.1, 0.15) is 0 Å². The molecule has 2 fully saturated rings. The third kappa shape index (κ3) is 3.69. The van der Waals surface area contributed by atoms with Gasteiger partial charge in [-0.2, -0.15) is 0 Å². The lowest BCUT2D eigenvalue weighted by Gasteiger charge is -2.35. The molecule has 2 unspecified atom stereocenters. The van der Waals surface area contributed by atoms with E-state index in [0.29, 0.717) is 0 Å². The highest BCUT2D eigenvalue weighted by molar-refractivity contribution is 4.88. The summed E-state index contributed by atoms with van der Waals surface area (Å²) in [6, 6.07) is 0.869. The van der Waals surface area contributed by atoms with E-state index in [1.807, 2.05) is 0 Å². The molecule has 0 bridgehead atoms. The maximum Gasteiger partial charge on any atom is 0.0137 e. The smallest absolute Gasteiger partial charge is 0.0137 e. The Hall–Kier alpha value is -0.120. The summed E-state index contributed by atoms with van der Waals surface area (Å²) in [6.45, 7) is 13.3. The summed E-state index contributed by atoms with van der Waals surface area (Å²) in [6.07, 6.45) is 5.68. The minimum atomic E-state index is 0.869. The van der Waals surface area contributed by atoms with Gasteiger partial charge in [-0.25, -0.2) is 0 Å². The summed E-state index contributed by atoms with van der Waals surface area (Å²) in [5, 5.41) is 3.58. The molecular weight excluding hydrogens is 222 g/mol. The maximum absolute atomic E-state index is 3.58. The summed E-state index contributed by atoms with van der Waals surface area (Å²) in [7, 11) is 0. The fourth-order valence-electron chi connectivity index (χ4n) is 3.68. The highest BCUT2D eigenvalue weighted by Gasteiger charge is 2.31. The van der Waals surface area contributed by atoms with Crippen molar-refractivity contribution in [1.29, 1.82) is 0 Å². The van der Waals surface area contributed by atoms with Crippen LogP contribution in [0, 0.1) is 5.92 Å². The number of hydrogen-bond acceptors (Lipinski definition) is 3. The average molecular weight is 253 g/mol. The van der Waals surface area contributed by atoms with Crippen LogP contribution < -0.4 is 5.32 Å². The van der Waals surface area contributed by atoms with Crippen molar-refractivity contribution in [2.75, 3.05) is 45.8 Å². The zero-order chi connectivity index (χ0) is 12.8. The van der Waals surface area contributed by atoms with Crippen molar-refractivity contribution >= 4 is 0 Å². The van der Waals surface area contributed by atoms with Crippen LogP contribution in [0.3, 0.4) is 0 Å². The molecule has 3 nitrogen and oxygen atoms in total. The fraction of sp³-hybridized carbons (Fsp3) is 1.00. The topological polar surface area (TPSA) is 18.5 Å². The van der Waals surface area contributed by atoms with Crippen LogP contribution in [0.2, 0.25) is 0 Å². The van der Waals surface area contributed by atoms with Gasteiger partial charge in [0.05, 0.1) is 0 Å². The predicted molar refractivity (Wildman–Crippen MR) is 78.0 cm³/mol. The maximum atomic E-state index is 3.58. The number of piperidine rings is 1. The first kappa shape index (κ1) is 14.3. The van der Waals surface area contributed by atoms with Crippen LogP contribution in [0.25, 0.3) is 0 Å². The Morgan fingerprint density at radius 3 is 2.67 bits per heavy atom. The van der Waals surface area contributed by atoms with E-state index in [1.54, 1.807) is 0 Å². The molecule has 2 aliphatic rings. The number of likely N-dealkylation sites (tertiary alicyclic amines) is 1. The van der Waals surface area contributed by atoms with Crippen molar-refractivity contribution in [2.45, 2.75) is 45.6 Å². The molecule has 0 saturated carbocycles. The van der Waals surface area contributed by atoms with Crippen LogP contribution in [0.15, 0.2) is 0 Å². The summed E-state index contributed by atoms with van der Waals surface area (Å²) in [4.78, 5) is 5.32. The Bertz CT molecular complexity index is 222. The molecule has 2 saturated heterocycles. The van der Waals surface area contributed by atoms with E-state index in [9.17, 15) is 0 Å². The fourth-order valence-corrected chi connectivity index (χ4v) is 3.68. The SMILES string of the molecule is CCN(CC)CCN1CCCC1C1CCCNC1. The molecule has 0 amide bonds. The summed E-state index contributed by atoms with van der Waals surface area (Å²) in [5.41, 5.74) is 0. The van der Waals surface area contributed by atoms with Crippen LogP contribution in [0.1, 0.15) is 39.5 Å². The van der Waals surface area contributed by atoms with Crippen molar-refractivity contribution in [1.82, 2.24) is 15.1 Å². The first-order valence-electron chi connectivity index (χ1n) is 8.02. The van der Waals surface area contributed by atoms with E-state index in [1.165, 1.54) is 71.5 Å². The molecule has 3 heteroatoms. The van der Waals surface area contributed by atoms with Gasteiger partial charge in [-0.05, 0) is 64.3 Å². The van der Waals surface area contributed by atoms with Crippen LogP contribution in [-0.4, -0.2) is 61.7 Å². The number of hydrogen-bond donors (Lipinski definition) is 1. The van der Waals surface area contributed by atoms with Crippen LogP contribution in [0.4, 0.5) is 0 Å². The molecule has 0 aliphatic carbocycles. The van der Waals surface area contributed by atoms with Gasteiger partial charge in [-0.15, -0.1) is 0 Å². The molecule has 0 aromatic rings. The summed E-state index contributed by atoms with van der Waals surface area (Å²) in [5.74, 6) is 0.915. The van der Waals surface area contributed by atoms with E-state index >= 15 is 0 Å². The third-order valence-electron chi connectivity index (χ3n) is 4.89. The normalized spacial score (nSPS) is 30.2. The second-order valence-electron chi connectivity index (χ2n) is 5.88. The standard InChI is InChI=1S/C15H31N3/c1-3-17(4-2)11-12-18-10-6-8-15(18)14-7-5-9-16-13-14/h14-16H,3-13H2,1-2H3. The van der Waals surface area contributed by atoms with E-state index in [0.717, 1.165) is 12.0 Å². The average Bonchev–Trinajstić information content (AvgIpc) is 2.89. The first-order valence-corrected chi connectivity index (χ1v) is 8.02. The lowest BCUT2D eigenvalue weighted by Crippen LogP contribution is -2.45. The second kappa shape index (κ2) is 7.46. The largest absolute Gasteiger partial charge is 0.316 e. The quantitative estimate of drug-likeness (QED) is 0.778.